The zero-order chi connectivity index (χ0) is 18.6. The Morgan fingerprint density at radius 1 is 1.00 bits per heavy atom. The molecular weight excluding hydrogens is 338 g/mol. The Kier molecular flexibility index (Phi) is 4.53. The molecule has 27 heavy (non-hydrogen) atoms. The van der Waals surface area contributed by atoms with Gasteiger partial charge in [-0.3, -0.25) is 4.68 Å². The molecule has 0 atom stereocenters. The second-order valence-corrected chi connectivity index (χ2v) is 6.38. The van der Waals surface area contributed by atoms with Crippen LogP contribution in [0.2, 0.25) is 0 Å². The average molecular weight is 357 g/mol. The number of hydrogen-bond donors (Lipinski definition) is 2. The van der Waals surface area contributed by atoms with Gasteiger partial charge in [0.1, 0.15) is 5.75 Å². The molecular formula is C21H19N5O. The van der Waals surface area contributed by atoms with Gasteiger partial charge >= 0.3 is 0 Å². The summed E-state index contributed by atoms with van der Waals surface area (Å²) in [5, 5.41) is 17.1. The van der Waals surface area contributed by atoms with Crippen LogP contribution in [0.5, 0.6) is 5.75 Å². The first kappa shape index (κ1) is 16.8. The van der Waals surface area contributed by atoms with Crippen molar-refractivity contribution in [2.75, 3.05) is 5.32 Å². The van der Waals surface area contributed by atoms with E-state index in [1.165, 1.54) is 0 Å². The molecule has 0 amide bonds. The summed E-state index contributed by atoms with van der Waals surface area (Å²) in [4.78, 5) is 8.41. The van der Waals surface area contributed by atoms with Crippen LogP contribution in [-0.4, -0.2) is 24.9 Å². The summed E-state index contributed by atoms with van der Waals surface area (Å²) >= 11 is 0. The number of nitrogens with one attached hydrogen (secondary N) is 1. The van der Waals surface area contributed by atoms with E-state index in [4.69, 9.17) is 0 Å². The lowest BCUT2D eigenvalue weighted by Gasteiger charge is -2.08. The number of aromatic hydroxyl groups is 1. The van der Waals surface area contributed by atoms with Gasteiger partial charge in [0.15, 0.2) is 0 Å². The third-order valence-corrected chi connectivity index (χ3v) is 4.15. The quantitative estimate of drug-likeness (QED) is 0.561. The Bertz CT molecular complexity index is 1040. The van der Waals surface area contributed by atoms with Gasteiger partial charge in [0.25, 0.3) is 0 Å². The smallest absolute Gasteiger partial charge is 0.227 e. The third-order valence-electron chi connectivity index (χ3n) is 4.15. The van der Waals surface area contributed by atoms with E-state index in [-0.39, 0.29) is 5.75 Å². The summed E-state index contributed by atoms with van der Waals surface area (Å²) < 4.78 is 1.89. The Hall–Kier alpha value is -3.67. The van der Waals surface area contributed by atoms with Crippen LogP contribution in [-0.2, 0) is 6.54 Å². The maximum atomic E-state index is 9.40. The maximum Gasteiger partial charge on any atom is 0.227 e. The molecule has 0 aliphatic carbocycles. The molecule has 2 aromatic carbocycles. The summed E-state index contributed by atoms with van der Waals surface area (Å²) in [7, 11) is 0. The van der Waals surface area contributed by atoms with Gasteiger partial charge < -0.3 is 10.4 Å². The van der Waals surface area contributed by atoms with Gasteiger partial charge in [0.05, 0.1) is 12.7 Å². The Balaban J connectivity index is 1.56. The number of nitrogens with zero attached hydrogens (tertiary/aromatic N) is 4. The van der Waals surface area contributed by atoms with Crippen molar-refractivity contribution in [1.82, 2.24) is 19.7 Å². The summed E-state index contributed by atoms with van der Waals surface area (Å²) in [5.74, 6) is 0.833. The summed E-state index contributed by atoms with van der Waals surface area (Å²) in [6.45, 7) is 2.70. The zero-order valence-electron chi connectivity index (χ0n) is 14.9. The predicted octanol–water partition coefficient (Wildman–Crippen LogP) is 4.15. The lowest BCUT2D eigenvalue weighted by atomic mass is 10.1. The van der Waals surface area contributed by atoms with E-state index in [0.29, 0.717) is 12.5 Å². The van der Waals surface area contributed by atoms with Gasteiger partial charge in [-0.05, 0) is 53.9 Å². The molecule has 2 aromatic heterocycles. The van der Waals surface area contributed by atoms with Crippen LogP contribution in [0, 0.1) is 6.92 Å². The highest BCUT2D eigenvalue weighted by Crippen LogP contribution is 2.26. The second kappa shape index (κ2) is 7.29. The van der Waals surface area contributed by atoms with Crippen molar-refractivity contribution >= 4 is 11.6 Å². The molecule has 0 saturated carbocycles. The van der Waals surface area contributed by atoms with Gasteiger partial charge in [-0.15, -0.1) is 0 Å². The molecule has 0 aliphatic rings. The molecule has 6 nitrogen and oxygen atoms in total. The van der Waals surface area contributed by atoms with E-state index in [1.807, 2.05) is 29.2 Å². The standard InChI is InChI=1S/C21H19N5O/c1-15-9-17(11-19(10-15)25-21-22-7-2-8-23-21)18-12-24-26(14-18)13-16-3-5-20(27)6-4-16/h2-12,14,27H,13H2,1H3,(H,22,23,25). The summed E-state index contributed by atoms with van der Waals surface area (Å²) in [6, 6.07) is 15.2. The number of aryl methyl sites for hydroxylation is 1. The molecule has 0 radical (unpaired) electrons. The first-order valence-corrected chi connectivity index (χ1v) is 8.62. The Morgan fingerprint density at radius 3 is 2.56 bits per heavy atom. The Labute approximate surface area is 157 Å². The molecule has 0 bridgehead atoms. The normalized spacial score (nSPS) is 10.7. The minimum atomic E-state index is 0.266. The van der Waals surface area contributed by atoms with Crippen LogP contribution in [0.1, 0.15) is 11.1 Å². The fourth-order valence-electron chi connectivity index (χ4n) is 2.90. The zero-order valence-corrected chi connectivity index (χ0v) is 14.9. The summed E-state index contributed by atoms with van der Waals surface area (Å²) in [5.41, 5.74) is 5.26. The molecule has 2 N–H and O–H groups in total. The molecule has 4 rings (SSSR count). The van der Waals surface area contributed by atoms with Crippen molar-refractivity contribution in [3.05, 3.63) is 84.4 Å². The largest absolute Gasteiger partial charge is 0.508 e. The van der Waals surface area contributed by atoms with Gasteiger partial charge in [0, 0.05) is 29.8 Å². The molecule has 6 heteroatoms. The van der Waals surface area contributed by atoms with Crippen molar-refractivity contribution in [2.24, 2.45) is 0 Å². The lowest BCUT2D eigenvalue weighted by Crippen LogP contribution is -1.99. The number of phenolic OH excluding ortho intramolecular Hbond substituents is 1. The SMILES string of the molecule is Cc1cc(Nc2ncccn2)cc(-c2cnn(Cc3ccc(O)cc3)c2)c1. The monoisotopic (exact) mass is 357 g/mol. The highest BCUT2D eigenvalue weighted by atomic mass is 16.3. The van der Waals surface area contributed by atoms with E-state index in [1.54, 1.807) is 30.6 Å². The van der Waals surface area contributed by atoms with E-state index in [2.05, 4.69) is 45.5 Å². The predicted molar refractivity (Wildman–Crippen MR) is 105 cm³/mol. The lowest BCUT2D eigenvalue weighted by molar-refractivity contribution is 0.475. The molecule has 0 saturated heterocycles. The molecule has 0 spiro atoms. The van der Waals surface area contributed by atoms with Crippen LogP contribution < -0.4 is 5.32 Å². The topological polar surface area (TPSA) is 75.9 Å². The molecule has 0 unspecified atom stereocenters. The third kappa shape index (κ3) is 4.12. The first-order chi connectivity index (χ1) is 13.2. The second-order valence-electron chi connectivity index (χ2n) is 6.38. The summed E-state index contributed by atoms with van der Waals surface area (Å²) in [6.07, 6.45) is 7.29. The highest BCUT2D eigenvalue weighted by molar-refractivity contribution is 5.70. The fourth-order valence-corrected chi connectivity index (χ4v) is 2.90. The van der Waals surface area contributed by atoms with Gasteiger partial charge in [0.2, 0.25) is 5.95 Å². The van der Waals surface area contributed by atoms with Gasteiger partial charge in [-0.25, -0.2) is 9.97 Å². The van der Waals surface area contributed by atoms with E-state index >= 15 is 0 Å². The highest BCUT2D eigenvalue weighted by Gasteiger charge is 2.06. The number of aromatic nitrogens is 4. The van der Waals surface area contributed by atoms with Crippen LogP contribution in [0.25, 0.3) is 11.1 Å². The minimum absolute atomic E-state index is 0.266. The number of phenols is 1. The van der Waals surface area contributed by atoms with Gasteiger partial charge in [-0.1, -0.05) is 18.2 Å². The number of hydrogen-bond acceptors (Lipinski definition) is 5. The van der Waals surface area contributed by atoms with Crippen LogP contribution in [0.4, 0.5) is 11.6 Å². The van der Waals surface area contributed by atoms with Crippen LogP contribution >= 0.6 is 0 Å². The number of rotatable bonds is 5. The molecule has 0 aliphatic heterocycles. The maximum absolute atomic E-state index is 9.40. The molecule has 2 heterocycles. The molecule has 4 aromatic rings. The number of anilines is 2. The van der Waals surface area contributed by atoms with Crippen molar-refractivity contribution in [3.8, 4) is 16.9 Å². The van der Waals surface area contributed by atoms with E-state index in [9.17, 15) is 5.11 Å². The van der Waals surface area contributed by atoms with Crippen molar-refractivity contribution in [2.45, 2.75) is 13.5 Å². The Morgan fingerprint density at radius 2 is 1.78 bits per heavy atom. The first-order valence-electron chi connectivity index (χ1n) is 8.62. The fraction of sp³-hybridized carbons (Fsp3) is 0.0952. The van der Waals surface area contributed by atoms with Crippen molar-refractivity contribution in [3.63, 3.8) is 0 Å². The van der Waals surface area contributed by atoms with Crippen molar-refractivity contribution in [1.29, 1.82) is 0 Å². The van der Waals surface area contributed by atoms with Gasteiger partial charge in [-0.2, -0.15) is 5.10 Å². The van der Waals surface area contributed by atoms with Crippen molar-refractivity contribution < 1.29 is 5.11 Å². The molecule has 0 fully saturated rings. The van der Waals surface area contributed by atoms with Crippen LogP contribution in [0.15, 0.2) is 73.3 Å². The number of benzene rings is 2. The average Bonchev–Trinajstić information content (AvgIpc) is 3.13. The van der Waals surface area contributed by atoms with E-state index < -0.39 is 0 Å². The molecule has 134 valence electrons. The van der Waals surface area contributed by atoms with Crippen LogP contribution in [0.3, 0.4) is 0 Å². The van der Waals surface area contributed by atoms with E-state index in [0.717, 1.165) is 27.9 Å². The minimum Gasteiger partial charge on any atom is -0.508 e.